The van der Waals surface area contributed by atoms with Crippen molar-refractivity contribution in [2.75, 3.05) is 6.61 Å². The highest BCUT2D eigenvalue weighted by molar-refractivity contribution is 5.75. The third kappa shape index (κ3) is 3.64. The molecular weight excluding hydrogens is 208 g/mol. The number of carbonyl (C=O) groups is 1. The Morgan fingerprint density at radius 3 is 2.50 bits per heavy atom. The molecule has 0 saturated heterocycles. The zero-order valence-corrected chi connectivity index (χ0v) is 9.17. The van der Waals surface area contributed by atoms with E-state index < -0.39 is 18.2 Å². The number of rotatable bonds is 5. The average molecular weight is 224 g/mol. The first kappa shape index (κ1) is 12.7. The Morgan fingerprint density at radius 2 is 1.94 bits per heavy atom. The van der Waals surface area contributed by atoms with Crippen molar-refractivity contribution in [2.45, 2.75) is 25.6 Å². The first-order valence-electron chi connectivity index (χ1n) is 5.21. The lowest BCUT2D eigenvalue weighted by Crippen LogP contribution is -2.36. The Bertz CT molecular complexity index is 323. The molecule has 0 amide bonds. The van der Waals surface area contributed by atoms with Crippen LogP contribution in [0.2, 0.25) is 0 Å². The van der Waals surface area contributed by atoms with Crippen LogP contribution in [0.25, 0.3) is 0 Å². The SMILES string of the molecule is CCOC(=O)[C@H](O)[C@@H](O)Cc1ccccc1. The molecule has 0 radical (unpaired) electrons. The number of esters is 1. The van der Waals surface area contributed by atoms with Crippen molar-refractivity contribution in [3.05, 3.63) is 35.9 Å². The van der Waals surface area contributed by atoms with E-state index in [0.717, 1.165) is 5.56 Å². The Morgan fingerprint density at radius 1 is 1.31 bits per heavy atom. The zero-order chi connectivity index (χ0) is 12.0. The molecule has 0 unspecified atom stereocenters. The molecule has 0 aliphatic carbocycles. The molecule has 1 rings (SSSR count). The van der Waals surface area contributed by atoms with Gasteiger partial charge in [0.1, 0.15) is 0 Å². The lowest BCUT2D eigenvalue weighted by atomic mass is 10.0. The normalized spacial score (nSPS) is 14.2. The molecule has 4 heteroatoms. The van der Waals surface area contributed by atoms with E-state index in [1.54, 1.807) is 6.92 Å². The van der Waals surface area contributed by atoms with Crippen LogP contribution in [-0.2, 0) is 16.0 Å². The van der Waals surface area contributed by atoms with E-state index in [4.69, 9.17) is 0 Å². The molecule has 2 N–H and O–H groups in total. The first-order valence-corrected chi connectivity index (χ1v) is 5.21. The van der Waals surface area contributed by atoms with Gasteiger partial charge in [-0.1, -0.05) is 30.3 Å². The third-order valence-electron chi connectivity index (χ3n) is 2.18. The van der Waals surface area contributed by atoms with Gasteiger partial charge in [0.05, 0.1) is 12.7 Å². The highest BCUT2D eigenvalue weighted by Crippen LogP contribution is 2.07. The van der Waals surface area contributed by atoms with Crippen LogP contribution >= 0.6 is 0 Å². The predicted octanol–water partition coefficient (Wildman–Crippen LogP) is 0.514. The van der Waals surface area contributed by atoms with E-state index >= 15 is 0 Å². The topological polar surface area (TPSA) is 66.8 Å². The molecule has 0 aliphatic heterocycles. The molecule has 4 nitrogen and oxygen atoms in total. The van der Waals surface area contributed by atoms with Crippen LogP contribution in [0.5, 0.6) is 0 Å². The molecule has 0 spiro atoms. The maximum atomic E-state index is 11.1. The van der Waals surface area contributed by atoms with Gasteiger partial charge in [-0.3, -0.25) is 0 Å². The monoisotopic (exact) mass is 224 g/mol. The minimum absolute atomic E-state index is 0.188. The molecule has 0 heterocycles. The van der Waals surface area contributed by atoms with Gasteiger partial charge < -0.3 is 14.9 Å². The Labute approximate surface area is 94.5 Å². The summed E-state index contributed by atoms with van der Waals surface area (Å²) in [6.45, 7) is 1.84. The zero-order valence-electron chi connectivity index (χ0n) is 9.17. The van der Waals surface area contributed by atoms with Gasteiger partial charge in [0.15, 0.2) is 6.10 Å². The van der Waals surface area contributed by atoms with E-state index in [0.29, 0.717) is 0 Å². The average Bonchev–Trinajstić information content (AvgIpc) is 2.29. The lowest BCUT2D eigenvalue weighted by Gasteiger charge is -2.16. The minimum atomic E-state index is -1.49. The summed E-state index contributed by atoms with van der Waals surface area (Å²) in [6.07, 6.45) is -2.40. The molecule has 0 bridgehead atoms. The Kier molecular flexibility index (Phi) is 4.95. The van der Waals surface area contributed by atoms with Crippen molar-refractivity contribution in [1.29, 1.82) is 0 Å². The second kappa shape index (κ2) is 6.25. The quantitative estimate of drug-likeness (QED) is 0.715. The van der Waals surface area contributed by atoms with Gasteiger partial charge in [0, 0.05) is 6.42 Å². The van der Waals surface area contributed by atoms with Crippen LogP contribution in [0, 0.1) is 0 Å². The summed E-state index contributed by atoms with van der Waals surface area (Å²) >= 11 is 0. The molecular formula is C12H16O4. The summed E-state index contributed by atoms with van der Waals surface area (Å²) in [5.41, 5.74) is 0.860. The summed E-state index contributed by atoms with van der Waals surface area (Å²) in [6, 6.07) is 9.16. The fraction of sp³-hybridized carbons (Fsp3) is 0.417. The lowest BCUT2D eigenvalue weighted by molar-refractivity contribution is -0.159. The van der Waals surface area contributed by atoms with Crippen LogP contribution in [0.1, 0.15) is 12.5 Å². The van der Waals surface area contributed by atoms with Crippen LogP contribution < -0.4 is 0 Å². The fourth-order valence-corrected chi connectivity index (χ4v) is 1.35. The first-order chi connectivity index (χ1) is 7.65. The smallest absolute Gasteiger partial charge is 0.337 e. The van der Waals surface area contributed by atoms with Crippen molar-refractivity contribution >= 4 is 5.97 Å². The minimum Gasteiger partial charge on any atom is -0.464 e. The third-order valence-corrected chi connectivity index (χ3v) is 2.18. The van der Waals surface area contributed by atoms with Gasteiger partial charge in [-0.05, 0) is 12.5 Å². The maximum Gasteiger partial charge on any atom is 0.337 e. The molecule has 1 aromatic rings. The van der Waals surface area contributed by atoms with Gasteiger partial charge in [-0.25, -0.2) is 4.79 Å². The van der Waals surface area contributed by atoms with Crippen LogP contribution in [-0.4, -0.2) is 35.0 Å². The van der Waals surface area contributed by atoms with Crippen LogP contribution in [0.15, 0.2) is 30.3 Å². The second-order valence-corrected chi connectivity index (χ2v) is 3.45. The van der Waals surface area contributed by atoms with Gasteiger partial charge in [0.25, 0.3) is 0 Å². The molecule has 0 aromatic heterocycles. The van der Waals surface area contributed by atoms with Gasteiger partial charge in [0.2, 0.25) is 0 Å². The highest BCUT2D eigenvalue weighted by Gasteiger charge is 2.25. The van der Waals surface area contributed by atoms with E-state index in [1.807, 2.05) is 30.3 Å². The van der Waals surface area contributed by atoms with Crippen LogP contribution in [0.3, 0.4) is 0 Å². The number of aliphatic hydroxyl groups excluding tert-OH is 2. The molecule has 2 atom stereocenters. The number of carbonyl (C=O) groups excluding carboxylic acids is 1. The van der Waals surface area contributed by atoms with E-state index in [2.05, 4.69) is 4.74 Å². The van der Waals surface area contributed by atoms with Crippen molar-refractivity contribution in [1.82, 2.24) is 0 Å². The Hall–Kier alpha value is -1.39. The van der Waals surface area contributed by atoms with Gasteiger partial charge >= 0.3 is 5.97 Å². The molecule has 16 heavy (non-hydrogen) atoms. The Balaban J connectivity index is 2.52. The van der Waals surface area contributed by atoms with Crippen LogP contribution in [0.4, 0.5) is 0 Å². The molecule has 0 aliphatic rings. The number of hydrogen-bond acceptors (Lipinski definition) is 4. The molecule has 1 aromatic carbocycles. The summed E-state index contributed by atoms with van der Waals surface area (Å²) in [5.74, 6) is -0.786. The van der Waals surface area contributed by atoms with Crippen molar-refractivity contribution < 1.29 is 19.7 Å². The summed E-state index contributed by atoms with van der Waals surface area (Å²) < 4.78 is 4.61. The molecule has 0 fully saturated rings. The number of benzene rings is 1. The summed E-state index contributed by atoms with van der Waals surface area (Å²) in [4.78, 5) is 11.1. The maximum absolute atomic E-state index is 11.1. The number of ether oxygens (including phenoxy) is 1. The molecule has 0 saturated carbocycles. The number of hydrogen-bond donors (Lipinski definition) is 2. The second-order valence-electron chi connectivity index (χ2n) is 3.45. The van der Waals surface area contributed by atoms with Gasteiger partial charge in [-0.2, -0.15) is 0 Å². The largest absolute Gasteiger partial charge is 0.464 e. The van der Waals surface area contributed by atoms with E-state index in [9.17, 15) is 15.0 Å². The van der Waals surface area contributed by atoms with E-state index in [-0.39, 0.29) is 13.0 Å². The standard InChI is InChI=1S/C12H16O4/c1-2-16-12(15)11(14)10(13)8-9-6-4-3-5-7-9/h3-7,10-11,13-14H,2,8H2,1H3/t10-,11+/m0/s1. The van der Waals surface area contributed by atoms with Crippen molar-refractivity contribution in [3.8, 4) is 0 Å². The fourth-order valence-electron chi connectivity index (χ4n) is 1.35. The van der Waals surface area contributed by atoms with Gasteiger partial charge in [-0.15, -0.1) is 0 Å². The highest BCUT2D eigenvalue weighted by atomic mass is 16.5. The predicted molar refractivity (Wildman–Crippen MR) is 58.8 cm³/mol. The van der Waals surface area contributed by atoms with Crippen molar-refractivity contribution in [2.24, 2.45) is 0 Å². The summed E-state index contributed by atoms with van der Waals surface area (Å²) in [7, 11) is 0. The summed E-state index contributed by atoms with van der Waals surface area (Å²) in [5, 5.41) is 19.1. The number of aliphatic hydroxyl groups is 2. The van der Waals surface area contributed by atoms with E-state index in [1.165, 1.54) is 0 Å². The van der Waals surface area contributed by atoms with Crippen molar-refractivity contribution in [3.63, 3.8) is 0 Å². The molecule has 88 valence electrons.